The van der Waals surface area contributed by atoms with Crippen LogP contribution in [0.25, 0.3) is 10.8 Å². The van der Waals surface area contributed by atoms with Crippen molar-refractivity contribution in [3.63, 3.8) is 0 Å². The van der Waals surface area contributed by atoms with E-state index in [-0.39, 0.29) is 0 Å². The summed E-state index contributed by atoms with van der Waals surface area (Å²) in [5.74, 6) is 0. The van der Waals surface area contributed by atoms with E-state index in [1.807, 2.05) is 36.4 Å². The van der Waals surface area contributed by atoms with Crippen LogP contribution in [0.5, 0.6) is 0 Å². The molecular weight excluding hydrogens is 226 g/mol. The Bertz CT molecular complexity index is 492. The molecule has 2 aromatic carbocycles. The van der Waals surface area contributed by atoms with E-state index in [0.29, 0.717) is 5.56 Å². The molecule has 0 saturated heterocycles. The van der Waals surface area contributed by atoms with Gasteiger partial charge in [0.05, 0.1) is 11.6 Å². The van der Waals surface area contributed by atoms with Crippen LogP contribution in [-0.2, 0) is 0 Å². The van der Waals surface area contributed by atoms with Gasteiger partial charge in [0, 0.05) is 9.86 Å². The maximum Gasteiger partial charge on any atom is 0.0998 e. The standard InChI is InChI=1S/C11H6BrN/c12-10-6-2-4-8-3-1-5-9(7-13)11(8)10/h1-6H. The van der Waals surface area contributed by atoms with Crippen molar-refractivity contribution >= 4 is 26.7 Å². The van der Waals surface area contributed by atoms with E-state index < -0.39 is 0 Å². The molecule has 0 heterocycles. The SMILES string of the molecule is N#Cc1cccc2cccc(Br)c12. The van der Waals surface area contributed by atoms with E-state index in [4.69, 9.17) is 5.26 Å². The highest BCUT2D eigenvalue weighted by Crippen LogP contribution is 2.26. The predicted molar refractivity (Wildman–Crippen MR) is 56.4 cm³/mol. The van der Waals surface area contributed by atoms with Crippen molar-refractivity contribution in [3.05, 3.63) is 46.4 Å². The Labute approximate surface area is 84.7 Å². The van der Waals surface area contributed by atoms with Crippen LogP contribution in [-0.4, -0.2) is 0 Å². The van der Waals surface area contributed by atoms with E-state index in [2.05, 4.69) is 22.0 Å². The molecule has 0 radical (unpaired) electrons. The fourth-order valence-corrected chi connectivity index (χ4v) is 1.98. The lowest BCUT2D eigenvalue weighted by molar-refractivity contribution is 1.50. The molecule has 0 aliphatic heterocycles. The molecule has 0 unspecified atom stereocenters. The Balaban J connectivity index is 2.97. The summed E-state index contributed by atoms with van der Waals surface area (Å²) >= 11 is 3.44. The van der Waals surface area contributed by atoms with E-state index >= 15 is 0 Å². The minimum Gasteiger partial charge on any atom is -0.192 e. The molecule has 62 valence electrons. The second kappa shape index (κ2) is 3.20. The molecule has 0 amide bonds. The van der Waals surface area contributed by atoms with E-state index in [1.165, 1.54) is 0 Å². The Hall–Kier alpha value is -1.33. The molecule has 0 aromatic heterocycles. The topological polar surface area (TPSA) is 23.8 Å². The van der Waals surface area contributed by atoms with Crippen molar-refractivity contribution in [1.29, 1.82) is 5.26 Å². The summed E-state index contributed by atoms with van der Waals surface area (Å²) in [4.78, 5) is 0. The first-order valence-electron chi connectivity index (χ1n) is 3.90. The number of hydrogen-bond donors (Lipinski definition) is 0. The van der Waals surface area contributed by atoms with Crippen LogP contribution in [0.15, 0.2) is 40.9 Å². The highest BCUT2D eigenvalue weighted by atomic mass is 79.9. The molecular formula is C11H6BrN. The minimum absolute atomic E-state index is 0.713. The van der Waals surface area contributed by atoms with Crippen LogP contribution in [0.2, 0.25) is 0 Å². The first-order chi connectivity index (χ1) is 6.33. The van der Waals surface area contributed by atoms with Crippen LogP contribution >= 0.6 is 15.9 Å². The van der Waals surface area contributed by atoms with Gasteiger partial charge in [0.1, 0.15) is 0 Å². The molecule has 0 bridgehead atoms. The number of hydrogen-bond acceptors (Lipinski definition) is 1. The molecule has 2 rings (SSSR count). The summed E-state index contributed by atoms with van der Waals surface area (Å²) < 4.78 is 0.974. The van der Waals surface area contributed by atoms with Crippen molar-refractivity contribution in [1.82, 2.24) is 0 Å². The zero-order chi connectivity index (χ0) is 9.26. The average molecular weight is 232 g/mol. The van der Waals surface area contributed by atoms with Crippen molar-refractivity contribution in [2.45, 2.75) is 0 Å². The van der Waals surface area contributed by atoms with Gasteiger partial charge in [0.15, 0.2) is 0 Å². The number of fused-ring (bicyclic) bond motifs is 1. The van der Waals surface area contributed by atoms with Gasteiger partial charge in [-0.2, -0.15) is 5.26 Å². The zero-order valence-electron chi connectivity index (χ0n) is 6.79. The molecule has 0 spiro atoms. The van der Waals surface area contributed by atoms with Crippen LogP contribution < -0.4 is 0 Å². The molecule has 2 aromatic rings. The number of rotatable bonds is 0. The van der Waals surface area contributed by atoms with Crippen molar-refractivity contribution in [2.24, 2.45) is 0 Å². The van der Waals surface area contributed by atoms with Gasteiger partial charge in [-0.1, -0.05) is 40.2 Å². The third kappa shape index (κ3) is 1.32. The molecule has 0 aliphatic rings. The van der Waals surface area contributed by atoms with E-state index in [0.717, 1.165) is 15.2 Å². The summed E-state index contributed by atoms with van der Waals surface area (Å²) in [5, 5.41) is 11.0. The summed E-state index contributed by atoms with van der Waals surface area (Å²) in [6.07, 6.45) is 0. The lowest BCUT2D eigenvalue weighted by Gasteiger charge is -2.01. The molecule has 1 nitrogen and oxygen atoms in total. The molecule has 0 fully saturated rings. The third-order valence-corrected chi connectivity index (χ3v) is 2.64. The number of benzene rings is 2. The highest BCUT2D eigenvalue weighted by Gasteiger charge is 2.02. The predicted octanol–water partition coefficient (Wildman–Crippen LogP) is 3.47. The van der Waals surface area contributed by atoms with Crippen LogP contribution in [0, 0.1) is 11.3 Å². The summed E-state index contributed by atoms with van der Waals surface area (Å²) in [6, 6.07) is 13.8. The Morgan fingerprint density at radius 2 is 1.77 bits per heavy atom. The lowest BCUT2D eigenvalue weighted by Crippen LogP contribution is -1.79. The first-order valence-corrected chi connectivity index (χ1v) is 4.69. The van der Waals surface area contributed by atoms with Gasteiger partial charge in [-0.05, 0) is 17.5 Å². The van der Waals surface area contributed by atoms with Crippen LogP contribution in [0.4, 0.5) is 0 Å². The van der Waals surface area contributed by atoms with Crippen molar-refractivity contribution < 1.29 is 0 Å². The van der Waals surface area contributed by atoms with Gasteiger partial charge in [0.25, 0.3) is 0 Å². The second-order valence-corrected chi connectivity index (χ2v) is 3.61. The third-order valence-electron chi connectivity index (χ3n) is 1.97. The monoisotopic (exact) mass is 231 g/mol. The number of halogens is 1. The summed E-state index contributed by atoms with van der Waals surface area (Å²) in [6.45, 7) is 0. The molecule has 0 aliphatic carbocycles. The van der Waals surface area contributed by atoms with Gasteiger partial charge in [-0.15, -0.1) is 0 Å². The maximum atomic E-state index is 8.89. The number of nitriles is 1. The van der Waals surface area contributed by atoms with Gasteiger partial charge < -0.3 is 0 Å². The minimum atomic E-state index is 0.713. The molecule has 0 saturated carbocycles. The van der Waals surface area contributed by atoms with E-state index in [1.54, 1.807) is 0 Å². The average Bonchev–Trinajstić information content (AvgIpc) is 2.17. The Kier molecular flexibility index (Phi) is 2.03. The first kappa shape index (κ1) is 8.28. The summed E-state index contributed by atoms with van der Waals surface area (Å²) in [7, 11) is 0. The smallest absolute Gasteiger partial charge is 0.0998 e. The fourth-order valence-electron chi connectivity index (χ4n) is 1.39. The fraction of sp³-hybridized carbons (Fsp3) is 0. The van der Waals surface area contributed by atoms with Crippen LogP contribution in [0.1, 0.15) is 5.56 Å². The molecule has 2 heteroatoms. The molecule has 0 N–H and O–H groups in total. The molecule has 0 atom stereocenters. The van der Waals surface area contributed by atoms with Crippen molar-refractivity contribution in [3.8, 4) is 6.07 Å². The van der Waals surface area contributed by atoms with E-state index in [9.17, 15) is 0 Å². The van der Waals surface area contributed by atoms with Gasteiger partial charge in [0.2, 0.25) is 0 Å². The highest BCUT2D eigenvalue weighted by molar-refractivity contribution is 9.10. The normalized spacial score (nSPS) is 9.85. The molecule has 13 heavy (non-hydrogen) atoms. The summed E-state index contributed by atoms with van der Waals surface area (Å²) in [5.41, 5.74) is 0.713. The Morgan fingerprint density at radius 1 is 1.08 bits per heavy atom. The lowest BCUT2D eigenvalue weighted by atomic mass is 10.1. The largest absolute Gasteiger partial charge is 0.192 e. The van der Waals surface area contributed by atoms with Gasteiger partial charge in [-0.25, -0.2) is 0 Å². The second-order valence-electron chi connectivity index (χ2n) is 2.76. The number of nitrogens with zero attached hydrogens (tertiary/aromatic N) is 1. The quantitative estimate of drug-likeness (QED) is 0.682. The maximum absolute atomic E-state index is 8.89. The Morgan fingerprint density at radius 3 is 2.46 bits per heavy atom. The zero-order valence-corrected chi connectivity index (χ0v) is 8.38. The van der Waals surface area contributed by atoms with Crippen molar-refractivity contribution in [2.75, 3.05) is 0 Å². The van der Waals surface area contributed by atoms with Crippen LogP contribution in [0.3, 0.4) is 0 Å². The van der Waals surface area contributed by atoms with Gasteiger partial charge in [-0.3, -0.25) is 0 Å². The van der Waals surface area contributed by atoms with Gasteiger partial charge >= 0.3 is 0 Å².